The van der Waals surface area contributed by atoms with Crippen LogP contribution in [0.3, 0.4) is 0 Å². The van der Waals surface area contributed by atoms with Crippen molar-refractivity contribution in [3.8, 4) is 0 Å². The van der Waals surface area contributed by atoms with Gasteiger partial charge in [0.15, 0.2) is 5.13 Å². The van der Waals surface area contributed by atoms with Gasteiger partial charge in [0.2, 0.25) is 0 Å². The normalized spacial score (nSPS) is 10.1. The second-order valence-corrected chi connectivity index (χ2v) is 4.34. The highest BCUT2D eigenvalue weighted by Crippen LogP contribution is 2.24. The molecular formula is C10H14N2O3S. The van der Waals surface area contributed by atoms with Crippen molar-refractivity contribution in [3.05, 3.63) is 10.6 Å². The highest BCUT2D eigenvalue weighted by Gasteiger charge is 2.15. The van der Waals surface area contributed by atoms with Gasteiger partial charge in [-0.3, -0.25) is 10.1 Å². The molecule has 0 radical (unpaired) electrons. The SMILES string of the molecule is CCCc1sc(NC(=O)C(=O)O)nc1CC. The van der Waals surface area contributed by atoms with Crippen molar-refractivity contribution in [2.75, 3.05) is 5.32 Å². The van der Waals surface area contributed by atoms with Crippen LogP contribution in [0.1, 0.15) is 30.8 Å². The van der Waals surface area contributed by atoms with E-state index in [0.717, 1.165) is 29.8 Å². The summed E-state index contributed by atoms with van der Waals surface area (Å²) in [6.07, 6.45) is 2.69. The van der Waals surface area contributed by atoms with Gasteiger partial charge in [0.05, 0.1) is 5.69 Å². The fourth-order valence-corrected chi connectivity index (χ4v) is 2.43. The lowest BCUT2D eigenvalue weighted by atomic mass is 10.2. The van der Waals surface area contributed by atoms with Crippen molar-refractivity contribution in [2.45, 2.75) is 33.1 Å². The molecule has 88 valence electrons. The molecule has 1 amide bonds. The molecule has 2 N–H and O–H groups in total. The van der Waals surface area contributed by atoms with Crippen molar-refractivity contribution in [2.24, 2.45) is 0 Å². The van der Waals surface area contributed by atoms with Crippen LogP contribution in [0.25, 0.3) is 0 Å². The summed E-state index contributed by atoms with van der Waals surface area (Å²) < 4.78 is 0. The summed E-state index contributed by atoms with van der Waals surface area (Å²) >= 11 is 1.35. The smallest absolute Gasteiger partial charge is 0.394 e. The van der Waals surface area contributed by atoms with Gasteiger partial charge in [0.25, 0.3) is 0 Å². The third kappa shape index (κ3) is 3.03. The number of thiazole rings is 1. The lowest BCUT2D eigenvalue weighted by Crippen LogP contribution is -2.21. The minimum Gasteiger partial charge on any atom is -0.474 e. The van der Waals surface area contributed by atoms with Crippen LogP contribution in [0, 0.1) is 0 Å². The van der Waals surface area contributed by atoms with Crippen LogP contribution in [-0.2, 0) is 22.4 Å². The average molecular weight is 242 g/mol. The minimum atomic E-state index is -1.50. The fourth-order valence-electron chi connectivity index (χ4n) is 1.29. The number of carboxylic acids is 1. The Morgan fingerprint density at radius 2 is 2.12 bits per heavy atom. The average Bonchev–Trinajstić information content (AvgIpc) is 2.60. The first-order valence-corrected chi connectivity index (χ1v) is 5.93. The van der Waals surface area contributed by atoms with E-state index in [9.17, 15) is 9.59 Å². The molecule has 1 aromatic heterocycles. The summed E-state index contributed by atoms with van der Waals surface area (Å²) in [7, 11) is 0. The molecule has 1 aromatic rings. The van der Waals surface area contributed by atoms with E-state index in [1.807, 2.05) is 6.92 Å². The molecule has 0 aliphatic heterocycles. The van der Waals surface area contributed by atoms with Crippen molar-refractivity contribution in [1.29, 1.82) is 0 Å². The molecule has 1 rings (SSSR count). The van der Waals surface area contributed by atoms with Gasteiger partial charge in [-0.05, 0) is 12.8 Å². The largest absolute Gasteiger partial charge is 0.474 e. The standard InChI is InChI=1S/C10H14N2O3S/c1-3-5-7-6(4-2)11-10(16-7)12-8(13)9(14)15/h3-5H2,1-2H3,(H,14,15)(H,11,12,13). The number of aliphatic carboxylic acids is 1. The monoisotopic (exact) mass is 242 g/mol. The van der Waals surface area contributed by atoms with Gasteiger partial charge in [0.1, 0.15) is 0 Å². The molecule has 16 heavy (non-hydrogen) atoms. The number of nitrogens with one attached hydrogen (secondary N) is 1. The van der Waals surface area contributed by atoms with Gasteiger partial charge >= 0.3 is 11.9 Å². The Bertz CT molecular complexity index is 401. The van der Waals surface area contributed by atoms with Crippen molar-refractivity contribution >= 4 is 28.3 Å². The highest BCUT2D eigenvalue weighted by atomic mass is 32.1. The number of aryl methyl sites for hydroxylation is 2. The molecule has 6 heteroatoms. The number of nitrogens with zero attached hydrogens (tertiary/aromatic N) is 1. The molecule has 0 spiro atoms. The molecule has 0 atom stereocenters. The second-order valence-electron chi connectivity index (χ2n) is 3.25. The summed E-state index contributed by atoms with van der Waals surface area (Å²) in [5.74, 6) is -2.54. The van der Waals surface area contributed by atoms with E-state index in [-0.39, 0.29) is 0 Å². The number of carboxylic acid groups (broad SMARTS) is 1. The van der Waals surface area contributed by atoms with E-state index in [0.29, 0.717) is 5.13 Å². The molecule has 0 fully saturated rings. The van der Waals surface area contributed by atoms with Gasteiger partial charge in [-0.1, -0.05) is 20.3 Å². The quantitative estimate of drug-likeness (QED) is 0.787. The maximum Gasteiger partial charge on any atom is 0.394 e. The Balaban J connectivity index is 2.82. The molecular weight excluding hydrogens is 228 g/mol. The van der Waals surface area contributed by atoms with Crippen LogP contribution in [0.15, 0.2) is 0 Å². The third-order valence-corrected chi connectivity index (χ3v) is 3.08. The van der Waals surface area contributed by atoms with Crippen LogP contribution >= 0.6 is 11.3 Å². The van der Waals surface area contributed by atoms with Gasteiger partial charge in [-0.25, -0.2) is 9.78 Å². The molecule has 0 bridgehead atoms. The fraction of sp³-hybridized carbons (Fsp3) is 0.500. The number of amides is 1. The molecule has 0 saturated heterocycles. The van der Waals surface area contributed by atoms with E-state index < -0.39 is 11.9 Å². The number of aromatic nitrogens is 1. The first-order valence-electron chi connectivity index (χ1n) is 5.11. The van der Waals surface area contributed by atoms with Crippen LogP contribution in [0.4, 0.5) is 5.13 Å². The van der Waals surface area contributed by atoms with E-state index in [1.54, 1.807) is 0 Å². The van der Waals surface area contributed by atoms with Crippen LogP contribution in [0.5, 0.6) is 0 Å². The Morgan fingerprint density at radius 3 is 2.62 bits per heavy atom. The van der Waals surface area contributed by atoms with E-state index in [1.165, 1.54) is 11.3 Å². The molecule has 0 aliphatic rings. The third-order valence-electron chi connectivity index (χ3n) is 2.00. The first-order chi connectivity index (χ1) is 7.58. The topological polar surface area (TPSA) is 79.3 Å². The number of carbonyl (C=O) groups excluding carboxylic acids is 1. The molecule has 0 aliphatic carbocycles. The van der Waals surface area contributed by atoms with E-state index in [4.69, 9.17) is 5.11 Å². The molecule has 0 aromatic carbocycles. The van der Waals surface area contributed by atoms with Gasteiger partial charge in [0, 0.05) is 4.88 Å². The minimum absolute atomic E-state index is 0.368. The Labute approximate surface area is 97.5 Å². The summed E-state index contributed by atoms with van der Waals surface area (Å²) in [5, 5.41) is 11.1. The summed E-state index contributed by atoms with van der Waals surface area (Å²) in [5.41, 5.74) is 0.938. The number of hydrogen-bond donors (Lipinski definition) is 2. The maximum atomic E-state index is 10.9. The Hall–Kier alpha value is -1.43. The number of carbonyl (C=O) groups is 2. The number of rotatable bonds is 4. The maximum absolute atomic E-state index is 10.9. The first kappa shape index (κ1) is 12.6. The Kier molecular flexibility index (Phi) is 4.42. The van der Waals surface area contributed by atoms with Crippen molar-refractivity contribution < 1.29 is 14.7 Å². The second kappa shape index (κ2) is 5.60. The molecule has 0 unspecified atom stereocenters. The van der Waals surface area contributed by atoms with Crippen LogP contribution < -0.4 is 5.32 Å². The lowest BCUT2D eigenvalue weighted by Gasteiger charge is -1.94. The Morgan fingerprint density at radius 1 is 1.44 bits per heavy atom. The molecule has 0 saturated carbocycles. The predicted molar refractivity (Wildman–Crippen MR) is 61.8 cm³/mol. The van der Waals surface area contributed by atoms with E-state index in [2.05, 4.69) is 17.2 Å². The predicted octanol–water partition coefficient (Wildman–Crippen LogP) is 1.68. The van der Waals surface area contributed by atoms with Crippen molar-refractivity contribution in [1.82, 2.24) is 4.98 Å². The highest BCUT2D eigenvalue weighted by molar-refractivity contribution is 7.16. The van der Waals surface area contributed by atoms with Crippen LogP contribution in [0.2, 0.25) is 0 Å². The van der Waals surface area contributed by atoms with Gasteiger partial charge in [-0.2, -0.15) is 0 Å². The van der Waals surface area contributed by atoms with Crippen molar-refractivity contribution in [3.63, 3.8) is 0 Å². The summed E-state index contributed by atoms with van der Waals surface area (Å²) in [6.45, 7) is 4.05. The van der Waals surface area contributed by atoms with E-state index >= 15 is 0 Å². The molecule has 5 nitrogen and oxygen atoms in total. The van der Waals surface area contributed by atoms with Gasteiger partial charge < -0.3 is 5.11 Å². The molecule has 1 heterocycles. The summed E-state index contributed by atoms with van der Waals surface area (Å²) in [4.78, 5) is 26.6. The number of hydrogen-bond acceptors (Lipinski definition) is 4. The lowest BCUT2D eigenvalue weighted by molar-refractivity contribution is -0.147. The zero-order valence-corrected chi connectivity index (χ0v) is 10.1. The zero-order valence-electron chi connectivity index (χ0n) is 9.24. The van der Waals surface area contributed by atoms with Crippen LogP contribution in [-0.4, -0.2) is 22.0 Å². The summed E-state index contributed by atoms with van der Waals surface area (Å²) in [6, 6.07) is 0. The van der Waals surface area contributed by atoms with Gasteiger partial charge in [-0.15, -0.1) is 11.3 Å². The zero-order chi connectivity index (χ0) is 12.1. The number of anilines is 1.